The van der Waals surface area contributed by atoms with Crippen molar-refractivity contribution in [2.24, 2.45) is 0 Å². The first-order valence-electron chi connectivity index (χ1n) is 10.1. The van der Waals surface area contributed by atoms with E-state index in [1.807, 2.05) is 0 Å². The summed E-state index contributed by atoms with van der Waals surface area (Å²) < 4.78 is 26.9. The fourth-order valence-corrected chi connectivity index (χ4v) is 3.80. The van der Waals surface area contributed by atoms with E-state index >= 15 is 0 Å². The van der Waals surface area contributed by atoms with Crippen LogP contribution >= 0.6 is 0 Å². The van der Waals surface area contributed by atoms with E-state index in [1.165, 1.54) is 41.4 Å². The largest absolute Gasteiger partial charge is 0.507 e. The van der Waals surface area contributed by atoms with E-state index in [9.17, 15) is 23.5 Å². The molecule has 1 atom stereocenters. The lowest BCUT2D eigenvalue weighted by Crippen LogP contribution is -2.32. The SMILES string of the molecule is Cc1cc(/C(O)=C2/C(=O)C(=O)N(CCc3ccc(F)cc3)C2c2ccccn2)ccc1F. The van der Waals surface area contributed by atoms with Gasteiger partial charge in [-0.1, -0.05) is 18.2 Å². The third-order valence-electron chi connectivity index (χ3n) is 5.49. The van der Waals surface area contributed by atoms with Crippen LogP contribution in [0.4, 0.5) is 8.78 Å². The number of aryl methyl sites for hydroxylation is 1. The van der Waals surface area contributed by atoms with Crippen molar-refractivity contribution in [2.75, 3.05) is 6.54 Å². The van der Waals surface area contributed by atoms with Crippen molar-refractivity contribution in [3.63, 3.8) is 0 Å². The number of carbonyl (C=O) groups is 2. The average molecular weight is 434 g/mol. The molecule has 32 heavy (non-hydrogen) atoms. The van der Waals surface area contributed by atoms with Crippen molar-refractivity contribution in [3.05, 3.63) is 106 Å². The fourth-order valence-electron chi connectivity index (χ4n) is 3.80. The highest BCUT2D eigenvalue weighted by Crippen LogP contribution is 2.38. The van der Waals surface area contributed by atoms with E-state index in [-0.39, 0.29) is 29.3 Å². The van der Waals surface area contributed by atoms with Gasteiger partial charge in [-0.05, 0) is 66.9 Å². The molecular weight excluding hydrogens is 414 g/mol. The Morgan fingerprint density at radius 2 is 1.81 bits per heavy atom. The van der Waals surface area contributed by atoms with Gasteiger partial charge in [-0.2, -0.15) is 0 Å². The number of ketones is 1. The minimum absolute atomic E-state index is 0.0983. The first-order chi connectivity index (χ1) is 15.4. The summed E-state index contributed by atoms with van der Waals surface area (Å²) in [7, 11) is 0. The van der Waals surface area contributed by atoms with Gasteiger partial charge < -0.3 is 10.0 Å². The summed E-state index contributed by atoms with van der Waals surface area (Å²) in [6.07, 6.45) is 1.92. The molecule has 4 rings (SSSR count). The summed E-state index contributed by atoms with van der Waals surface area (Å²) in [4.78, 5) is 31.5. The topological polar surface area (TPSA) is 70.5 Å². The third kappa shape index (κ3) is 4.01. The molecule has 162 valence electrons. The molecule has 5 nitrogen and oxygen atoms in total. The molecule has 1 N–H and O–H groups in total. The van der Waals surface area contributed by atoms with Crippen molar-refractivity contribution < 1.29 is 23.5 Å². The highest BCUT2D eigenvalue weighted by Gasteiger charge is 2.46. The quantitative estimate of drug-likeness (QED) is 0.369. The van der Waals surface area contributed by atoms with Crippen LogP contribution < -0.4 is 0 Å². The van der Waals surface area contributed by atoms with Crippen molar-refractivity contribution in [3.8, 4) is 0 Å². The number of aliphatic hydroxyl groups is 1. The Kier molecular flexibility index (Phi) is 5.81. The van der Waals surface area contributed by atoms with E-state index in [1.54, 1.807) is 37.3 Å². The van der Waals surface area contributed by atoms with Crippen LogP contribution in [-0.4, -0.2) is 33.2 Å². The van der Waals surface area contributed by atoms with Gasteiger partial charge in [0.15, 0.2) is 0 Å². The van der Waals surface area contributed by atoms with Gasteiger partial charge in [0, 0.05) is 18.3 Å². The van der Waals surface area contributed by atoms with Gasteiger partial charge in [-0.3, -0.25) is 14.6 Å². The molecule has 3 aromatic rings. The van der Waals surface area contributed by atoms with E-state index in [0.29, 0.717) is 17.7 Å². The molecule has 0 radical (unpaired) electrons. The Morgan fingerprint density at radius 3 is 2.47 bits per heavy atom. The molecule has 7 heteroatoms. The molecule has 2 heterocycles. The van der Waals surface area contributed by atoms with Gasteiger partial charge in [-0.15, -0.1) is 0 Å². The van der Waals surface area contributed by atoms with Gasteiger partial charge in [0.05, 0.1) is 11.3 Å². The maximum absolute atomic E-state index is 13.7. The lowest BCUT2D eigenvalue weighted by molar-refractivity contribution is -0.139. The lowest BCUT2D eigenvalue weighted by Gasteiger charge is -2.24. The van der Waals surface area contributed by atoms with Crippen LogP contribution in [-0.2, 0) is 16.0 Å². The van der Waals surface area contributed by atoms with Gasteiger partial charge in [0.25, 0.3) is 11.7 Å². The molecule has 1 unspecified atom stereocenters. The van der Waals surface area contributed by atoms with E-state index in [0.717, 1.165) is 5.56 Å². The number of likely N-dealkylation sites (tertiary alicyclic amines) is 1. The van der Waals surface area contributed by atoms with Gasteiger partial charge in [0.1, 0.15) is 23.4 Å². The molecule has 1 fully saturated rings. The summed E-state index contributed by atoms with van der Waals surface area (Å²) in [5.74, 6) is -2.78. The summed E-state index contributed by atoms with van der Waals surface area (Å²) in [6.45, 7) is 1.71. The molecule has 0 bridgehead atoms. The van der Waals surface area contributed by atoms with Crippen molar-refractivity contribution in [1.29, 1.82) is 0 Å². The number of amides is 1. The van der Waals surface area contributed by atoms with Crippen LogP contribution in [0.25, 0.3) is 5.76 Å². The van der Waals surface area contributed by atoms with Crippen LogP contribution in [0, 0.1) is 18.6 Å². The van der Waals surface area contributed by atoms with Crippen LogP contribution in [0.15, 0.2) is 72.4 Å². The standard InChI is InChI=1S/C25H20F2N2O3/c1-15-14-17(7-10-19(15)27)23(30)21-22(20-4-2-3-12-28-20)29(25(32)24(21)31)13-11-16-5-8-18(26)9-6-16/h2-10,12,14,22,30H,11,13H2,1H3/b23-21-. The molecule has 1 aliphatic heterocycles. The minimum Gasteiger partial charge on any atom is -0.507 e. The average Bonchev–Trinajstić information content (AvgIpc) is 3.05. The highest BCUT2D eigenvalue weighted by atomic mass is 19.1. The lowest BCUT2D eigenvalue weighted by atomic mass is 9.97. The molecule has 1 amide bonds. The zero-order valence-corrected chi connectivity index (χ0v) is 17.3. The number of carbonyl (C=O) groups excluding carboxylic acids is 2. The summed E-state index contributed by atoms with van der Waals surface area (Å²) >= 11 is 0. The predicted molar refractivity (Wildman–Crippen MR) is 114 cm³/mol. The zero-order valence-electron chi connectivity index (χ0n) is 17.3. The molecule has 1 aromatic heterocycles. The minimum atomic E-state index is -0.901. The second-order valence-corrected chi connectivity index (χ2v) is 7.59. The van der Waals surface area contributed by atoms with Gasteiger partial charge in [-0.25, -0.2) is 8.78 Å². The van der Waals surface area contributed by atoms with Crippen molar-refractivity contribution in [2.45, 2.75) is 19.4 Å². The molecule has 0 spiro atoms. The molecule has 0 saturated carbocycles. The Morgan fingerprint density at radius 1 is 1.06 bits per heavy atom. The van der Waals surface area contributed by atoms with E-state index in [4.69, 9.17) is 0 Å². The number of aromatic nitrogens is 1. The number of pyridine rings is 1. The Bertz CT molecular complexity index is 1210. The second kappa shape index (κ2) is 8.70. The van der Waals surface area contributed by atoms with Crippen LogP contribution in [0.1, 0.15) is 28.4 Å². The number of Topliss-reactive ketones (excluding diaryl/α,β-unsaturated/α-hetero) is 1. The first-order valence-corrected chi connectivity index (χ1v) is 10.1. The number of halogens is 2. The maximum Gasteiger partial charge on any atom is 0.295 e. The number of nitrogens with zero attached hydrogens (tertiary/aromatic N) is 2. The number of hydrogen-bond acceptors (Lipinski definition) is 4. The van der Waals surface area contributed by atoms with Gasteiger partial charge >= 0.3 is 0 Å². The van der Waals surface area contributed by atoms with Crippen LogP contribution in [0.2, 0.25) is 0 Å². The third-order valence-corrected chi connectivity index (χ3v) is 5.49. The number of rotatable bonds is 5. The number of benzene rings is 2. The fraction of sp³-hybridized carbons (Fsp3) is 0.160. The first kappa shape index (κ1) is 21.4. The van der Waals surface area contributed by atoms with E-state index < -0.39 is 23.5 Å². The molecule has 2 aromatic carbocycles. The molecule has 1 saturated heterocycles. The Hall–Kier alpha value is -3.87. The van der Waals surface area contributed by atoms with E-state index in [2.05, 4.69) is 4.98 Å². The molecule has 1 aliphatic rings. The second-order valence-electron chi connectivity index (χ2n) is 7.59. The zero-order chi connectivity index (χ0) is 22.8. The molecule has 0 aliphatic carbocycles. The maximum atomic E-state index is 13.7. The summed E-state index contributed by atoms with van der Waals surface area (Å²) in [5, 5.41) is 11.0. The van der Waals surface area contributed by atoms with Crippen molar-refractivity contribution >= 4 is 17.4 Å². The Labute approximate surface area is 183 Å². The normalized spacial score (nSPS) is 17.7. The summed E-state index contributed by atoms with van der Waals surface area (Å²) in [6, 6.07) is 14.1. The number of aliphatic hydroxyl groups excluding tert-OH is 1. The van der Waals surface area contributed by atoms with Gasteiger partial charge in [0.2, 0.25) is 0 Å². The Balaban J connectivity index is 1.76. The molecular formula is C25H20F2N2O3. The van der Waals surface area contributed by atoms with Crippen molar-refractivity contribution in [1.82, 2.24) is 9.88 Å². The van der Waals surface area contributed by atoms with Crippen LogP contribution in [0.5, 0.6) is 0 Å². The summed E-state index contributed by atoms with van der Waals surface area (Å²) in [5.41, 5.74) is 1.66. The number of hydrogen-bond donors (Lipinski definition) is 1. The monoisotopic (exact) mass is 434 g/mol. The predicted octanol–water partition coefficient (Wildman–Crippen LogP) is 4.33. The highest BCUT2D eigenvalue weighted by molar-refractivity contribution is 6.46. The smallest absolute Gasteiger partial charge is 0.295 e. The van der Waals surface area contributed by atoms with Crippen LogP contribution in [0.3, 0.4) is 0 Å².